The number of rotatable bonds is 6. The summed E-state index contributed by atoms with van der Waals surface area (Å²) in [6.45, 7) is 7.14. The molecule has 4 heteroatoms. The fraction of sp³-hybridized carbons (Fsp3) is 0.471. The van der Waals surface area contributed by atoms with Gasteiger partial charge in [0.2, 0.25) is 0 Å². The van der Waals surface area contributed by atoms with Crippen LogP contribution in [0, 0.1) is 13.8 Å². The molecule has 0 spiro atoms. The van der Waals surface area contributed by atoms with Crippen LogP contribution in [-0.4, -0.2) is 23.0 Å². The van der Waals surface area contributed by atoms with Crippen LogP contribution in [0.25, 0.3) is 0 Å². The van der Waals surface area contributed by atoms with Crippen LogP contribution in [0.4, 0.5) is 0 Å². The number of likely N-dealkylation sites (N-methyl/N-ethyl adjacent to an activating group) is 1. The maximum Gasteiger partial charge on any atom is 0.0594 e. The third-order valence-electron chi connectivity index (χ3n) is 3.76. The van der Waals surface area contributed by atoms with E-state index in [0.29, 0.717) is 0 Å². The second-order valence-corrected chi connectivity index (χ2v) is 6.97. The smallest absolute Gasteiger partial charge is 0.0594 e. The topological polar surface area (TPSA) is 42.1 Å². The highest BCUT2D eigenvalue weighted by Gasteiger charge is 2.24. The first-order valence-electron chi connectivity index (χ1n) is 7.46. The Labute approximate surface area is 131 Å². The van der Waals surface area contributed by atoms with Crippen molar-refractivity contribution in [3.05, 3.63) is 51.5 Å². The van der Waals surface area contributed by atoms with Crippen LogP contribution in [0.5, 0.6) is 0 Å². The zero-order chi connectivity index (χ0) is 15.4. The molecule has 0 saturated heterocycles. The van der Waals surface area contributed by atoms with Gasteiger partial charge in [0.1, 0.15) is 0 Å². The van der Waals surface area contributed by atoms with Crippen molar-refractivity contribution in [3.63, 3.8) is 0 Å². The molecule has 2 aromatic heterocycles. The summed E-state index contributed by atoms with van der Waals surface area (Å²) < 4.78 is 0. The van der Waals surface area contributed by atoms with Crippen molar-refractivity contribution in [2.75, 3.05) is 7.05 Å². The Morgan fingerprint density at radius 1 is 1.24 bits per heavy atom. The van der Waals surface area contributed by atoms with Crippen LogP contribution in [0.1, 0.15) is 40.5 Å². The minimum absolute atomic E-state index is 0.137. The standard InChI is InChI=1S/C17H25N3S/c1-5-15(18)17(16-10-9-13(3)21-16)20(4)11-14-8-6-7-12(2)19-14/h6-10,15,17H,5,11,18H2,1-4H3. The molecule has 0 aliphatic heterocycles. The number of hydrogen-bond acceptors (Lipinski definition) is 4. The van der Waals surface area contributed by atoms with Crippen LogP contribution in [0.2, 0.25) is 0 Å². The highest BCUT2D eigenvalue weighted by atomic mass is 32.1. The first-order chi connectivity index (χ1) is 10.0. The molecule has 2 aromatic rings. The summed E-state index contributed by atoms with van der Waals surface area (Å²) in [5, 5.41) is 0. The normalized spacial score (nSPS) is 14.4. The van der Waals surface area contributed by atoms with Gasteiger partial charge < -0.3 is 5.73 Å². The monoisotopic (exact) mass is 303 g/mol. The molecule has 2 rings (SSSR count). The number of nitrogens with zero attached hydrogens (tertiary/aromatic N) is 2. The molecule has 0 fully saturated rings. The second-order valence-electron chi connectivity index (χ2n) is 5.65. The summed E-state index contributed by atoms with van der Waals surface area (Å²) >= 11 is 1.84. The largest absolute Gasteiger partial charge is 0.326 e. The van der Waals surface area contributed by atoms with Crippen LogP contribution >= 0.6 is 11.3 Å². The Hall–Kier alpha value is -1.23. The van der Waals surface area contributed by atoms with E-state index in [9.17, 15) is 0 Å². The van der Waals surface area contributed by atoms with E-state index in [-0.39, 0.29) is 12.1 Å². The minimum Gasteiger partial charge on any atom is -0.326 e. The van der Waals surface area contributed by atoms with Gasteiger partial charge in [0.25, 0.3) is 0 Å². The van der Waals surface area contributed by atoms with E-state index >= 15 is 0 Å². The third-order valence-corrected chi connectivity index (χ3v) is 4.83. The summed E-state index contributed by atoms with van der Waals surface area (Å²) in [6.07, 6.45) is 0.965. The van der Waals surface area contributed by atoms with E-state index in [1.54, 1.807) is 0 Å². The summed E-state index contributed by atoms with van der Waals surface area (Å²) in [5.74, 6) is 0. The van der Waals surface area contributed by atoms with Crippen LogP contribution in [0.15, 0.2) is 30.3 Å². The Bertz CT molecular complexity index is 579. The van der Waals surface area contributed by atoms with Crippen molar-refractivity contribution in [2.45, 2.75) is 45.8 Å². The zero-order valence-corrected chi connectivity index (χ0v) is 14.2. The predicted octanol–water partition coefficient (Wildman–Crippen LogP) is 3.67. The number of thiophene rings is 1. The predicted molar refractivity (Wildman–Crippen MR) is 90.5 cm³/mol. The number of hydrogen-bond donors (Lipinski definition) is 1. The molecule has 114 valence electrons. The van der Waals surface area contributed by atoms with Crippen LogP contribution in [-0.2, 0) is 6.54 Å². The van der Waals surface area contributed by atoms with Gasteiger partial charge in [-0.15, -0.1) is 11.3 Å². The molecular formula is C17H25N3S. The molecule has 0 aromatic carbocycles. The van der Waals surface area contributed by atoms with Gasteiger partial charge in [0.05, 0.1) is 11.7 Å². The Kier molecular flexibility index (Phi) is 5.51. The molecule has 2 unspecified atom stereocenters. The molecule has 0 aliphatic rings. The van der Waals surface area contributed by atoms with Crippen molar-refractivity contribution in [3.8, 4) is 0 Å². The van der Waals surface area contributed by atoms with Crippen LogP contribution in [0.3, 0.4) is 0 Å². The second kappa shape index (κ2) is 7.16. The van der Waals surface area contributed by atoms with Gasteiger partial charge in [-0.3, -0.25) is 9.88 Å². The summed E-state index contributed by atoms with van der Waals surface area (Å²) in [5.41, 5.74) is 8.54. The molecule has 0 bridgehead atoms. The van der Waals surface area contributed by atoms with Gasteiger partial charge in [-0.2, -0.15) is 0 Å². The maximum atomic E-state index is 6.39. The van der Waals surface area contributed by atoms with Gasteiger partial charge in [0, 0.05) is 28.0 Å². The minimum atomic E-state index is 0.137. The Morgan fingerprint density at radius 3 is 2.57 bits per heavy atom. The van der Waals surface area contributed by atoms with Crippen molar-refractivity contribution in [1.29, 1.82) is 0 Å². The van der Waals surface area contributed by atoms with E-state index in [2.05, 4.69) is 55.0 Å². The van der Waals surface area contributed by atoms with Gasteiger partial charge in [-0.05, 0) is 51.6 Å². The van der Waals surface area contributed by atoms with Crippen LogP contribution < -0.4 is 5.73 Å². The molecule has 2 heterocycles. The fourth-order valence-corrected chi connectivity index (χ4v) is 3.75. The lowest BCUT2D eigenvalue weighted by Gasteiger charge is -2.31. The molecule has 0 saturated carbocycles. The Morgan fingerprint density at radius 2 is 2.00 bits per heavy atom. The van der Waals surface area contributed by atoms with Crippen molar-refractivity contribution < 1.29 is 0 Å². The maximum absolute atomic E-state index is 6.39. The van der Waals surface area contributed by atoms with Gasteiger partial charge in [0.15, 0.2) is 0 Å². The molecule has 0 radical (unpaired) electrons. The lowest BCUT2D eigenvalue weighted by Crippen LogP contribution is -2.38. The zero-order valence-electron chi connectivity index (χ0n) is 13.3. The van der Waals surface area contributed by atoms with E-state index < -0.39 is 0 Å². The summed E-state index contributed by atoms with van der Waals surface area (Å²) in [6, 6.07) is 10.9. The average molecular weight is 303 g/mol. The van der Waals surface area contributed by atoms with Gasteiger partial charge in [-0.1, -0.05) is 13.0 Å². The number of aryl methyl sites for hydroxylation is 2. The number of pyridine rings is 1. The molecule has 0 aliphatic carbocycles. The lowest BCUT2D eigenvalue weighted by molar-refractivity contribution is 0.203. The van der Waals surface area contributed by atoms with Crippen molar-refractivity contribution in [1.82, 2.24) is 9.88 Å². The van der Waals surface area contributed by atoms with Crippen molar-refractivity contribution in [2.24, 2.45) is 5.73 Å². The van der Waals surface area contributed by atoms with E-state index in [0.717, 1.165) is 24.4 Å². The van der Waals surface area contributed by atoms with Gasteiger partial charge >= 0.3 is 0 Å². The SMILES string of the molecule is CCC(N)C(c1ccc(C)s1)N(C)Cc1cccc(C)n1. The molecule has 3 nitrogen and oxygen atoms in total. The first-order valence-corrected chi connectivity index (χ1v) is 8.27. The fourth-order valence-electron chi connectivity index (χ4n) is 2.63. The quantitative estimate of drug-likeness (QED) is 0.885. The van der Waals surface area contributed by atoms with Crippen molar-refractivity contribution >= 4 is 11.3 Å². The summed E-state index contributed by atoms with van der Waals surface area (Å²) in [7, 11) is 2.14. The number of nitrogens with two attached hydrogens (primary N) is 1. The first kappa shape index (κ1) is 16.1. The molecular weight excluding hydrogens is 278 g/mol. The lowest BCUT2D eigenvalue weighted by atomic mass is 10.0. The van der Waals surface area contributed by atoms with E-state index in [1.165, 1.54) is 9.75 Å². The third kappa shape index (κ3) is 4.13. The highest BCUT2D eigenvalue weighted by Crippen LogP contribution is 2.30. The molecule has 2 N–H and O–H groups in total. The summed E-state index contributed by atoms with van der Waals surface area (Å²) in [4.78, 5) is 9.60. The Balaban J connectivity index is 2.20. The highest BCUT2D eigenvalue weighted by molar-refractivity contribution is 7.12. The number of aromatic nitrogens is 1. The molecule has 0 amide bonds. The average Bonchev–Trinajstić information content (AvgIpc) is 2.85. The van der Waals surface area contributed by atoms with E-state index in [1.807, 2.05) is 24.3 Å². The van der Waals surface area contributed by atoms with Gasteiger partial charge in [-0.25, -0.2) is 0 Å². The molecule has 2 atom stereocenters. The molecule has 21 heavy (non-hydrogen) atoms. The van der Waals surface area contributed by atoms with E-state index in [4.69, 9.17) is 5.73 Å².